The molecule has 0 radical (unpaired) electrons. The fraction of sp³-hybridized carbons (Fsp3) is 0.278. The predicted octanol–water partition coefficient (Wildman–Crippen LogP) is 4.69. The van der Waals surface area contributed by atoms with Gasteiger partial charge in [0, 0.05) is 6.42 Å². The maximum absolute atomic E-state index is 14.1. The van der Waals surface area contributed by atoms with Crippen LogP contribution in [0.5, 0.6) is 0 Å². The van der Waals surface area contributed by atoms with Crippen LogP contribution in [0.15, 0.2) is 42.5 Å². The number of carboxylic acids is 1. The Morgan fingerprint density at radius 3 is 2.48 bits per heavy atom. The van der Waals surface area contributed by atoms with Gasteiger partial charge in [0.1, 0.15) is 5.82 Å². The van der Waals surface area contributed by atoms with E-state index in [2.05, 4.69) is 13.2 Å². The fourth-order valence-corrected chi connectivity index (χ4v) is 2.32. The van der Waals surface area contributed by atoms with Gasteiger partial charge >= 0.3 is 5.97 Å². The molecule has 0 amide bonds. The molecule has 0 bridgehead atoms. The van der Waals surface area contributed by atoms with Crippen LogP contribution in [0, 0.1) is 12.7 Å². The number of carboxylic acid groups (broad SMARTS) is 1. The van der Waals surface area contributed by atoms with Crippen LogP contribution in [-0.4, -0.2) is 11.1 Å². The number of aliphatic carboxylic acids is 1. The van der Waals surface area contributed by atoms with Gasteiger partial charge in [-0.3, -0.25) is 4.79 Å². The van der Waals surface area contributed by atoms with E-state index in [0.717, 1.165) is 22.3 Å². The molecule has 1 rings (SSSR count). The van der Waals surface area contributed by atoms with Crippen LogP contribution < -0.4 is 0 Å². The monoisotopic (exact) mass is 288 g/mol. The first-order valence-corrected chi connectivity index (χ1v) is 6.78. The normalized spacial score (nSPS) is 11.8. The molecule has 1 aromatic carbocycles. The van der Waals surface area contributed by atoms with Crippen molar-refractivity contribution in [1.29, 1.82) is 0 Å². The summed E-state index contributed by atoms with van der Waals surface area (Å²) in [6, 6.07) is 3.47. The highest BCUT2D eigenvalue weighted by atomic mass is 19.1. The summed E-state index contributed by atoms with van der Waals surface area (Å²) in [7, 11) is 0. The van der Waals surface area contributed by atoms with Gasteiger partial charge in [-0.1, -0.05) is 24.8 Å². The van der Waals surface area contributed by atoms with Crippen LogP contribution in [0.3, 0.4) is 0 Å². The summed E-state index contributed by atoms with van der Waals surface area (Å²) in [6.45, 7) is 13.2. The van der Waals surface area contributed by atoms with Gasteiger partial charge in [-0.25, -0.2) is 4.39 Å². The zero-order valence-corrected chi connectivity index (χ0v) is 12.8. The summed E-state index contributed by atoms with van der Waals surface area (Å²) >= 11 is 0. The van der Waals surface area contributed by atoms with Crippen molar-refractivity contribution >= 4 is 11.5 Å². The van der Waals surface area contributed by atoms with E-state index in [-0.39, 0.29) is 18.7 Å². The second kappa shape index (κ2) is 7.02. The summed E-state index contributed by atoms with van der Waals surface area (Å²) < 4.78 is 14.1. The first kappa shape index (κ1) is 16.9. The van der Waals surface area contributed by atoms with Crippen molar-refractivity contribution in [3.8, 4) is 0 Å². The fourth-order valence-electron chi connectivity index (χ4n) is 2.32. The van der Waals surface area contributed by atoms with Gasteiger partial charge in [0.15, 0.2) is 0 Å². The molecule has 0 saturated heterocycles. The summed E-state index contributed by atoms with van der Waals surface area (Å²) in [5.41, 5.74) is 4.51. The molecular weight excluding hydrogens is 267 g/mol. The maximum Gasteiger partial charge on any atom is 0.303 e. The molecule has 0 aliphatic carbocycles. The molecule has 2 nitrogen and oxygen atoms in total. The number of hydrogen-bond donors (Lipinski definition) is 1. The van der Waals surface area contributed by atoms with Gasteiger partial charge in [-0.2, -0.15) is 0 Å². The van der Waals surface area contributed by atoms with Gasteiger partial charge < -0.3 is 5.11 Å². The van der Waals surface area contributed by atoms with Gasteiger partial charge in [0.25, 0.3) is 0 Å². The first-order valence-electron chi connectivity index (χ1n) is 6.78. The Morgan fingerprint density at radius 1 is 1.38 bits per heavy atom. The van der Waals surface area contributed by atoms with Crippen LogP contribution >= 0.6 is 0 Å². The number of hydrogen-bond acceptors (Lipinski definition) is 1. The van der Waals surface area contributed by atoms with E-state index in [1.165, 1.54) is 0 Å². The summed E-state index contributed by atoms with van der Waals surface area (Å²) in [5, 5.41) is 8.77. The number of aryl methyl sites for hydroxylation is 2. The Kier molecular flexibility index (Phi) is 5.65. The van der Waals surface area contributed by atoms with Gasteiger partial charge in [-0.05, 0) is 67.2 Å². The van der Waals surface area contributed by atoms with E-state index in [1.807, 2.05) is 13.8 Å². The second-order valence-corrected chi connectivity index (χ2v) is 5.20. The molecule has 112 valence electrons. The number of carbonyl (C=O) groups is 1. The lowest BCUT2D eigenvalue weighted by Gasteiger charge is -2.14. The number of rotatable bonds is 6. The summed E-state index contributed by atoms with van der Waals surface area (Å²) in [4.78, 5) is 10.7. The molecule has 0 heterocycles. The standard InChI is InChI=1S/C18H21FO2/c1-6-12(4)17(11(2)3)15-9-13(5)18(19)14(10-15)7-8-16(20)21/h6,9-10H,1-2,7-8H2,3-5H3,(H,20,21)/b17-12+. The first-order chi connectivity index (χ1) is 9.77. The smallest absolute Gasteiger partial charge is 0.303 e. The third-order valence-corrected chi connectivity index (χ3v) is 3.35. The molecule has 0 saturated carbocycles. The molecule has 3 heteroatoms. The minimum absolute atomic E-state index is 0.0909. The minimum atomic E-state index is -0.935. The third kappa shape index (κ3) is 4.15. The number of allylic oxidation sites excluding steroid dienone is 4. The van der Waals surface area contributed by atoms with Crippen LogP contribution in [-0.2, 0) is 11.2 Å². The molecular formula is C18H21FO2. The zero-order valence-electron chi connectivity index (χ0n) is 12.8. The van der Waals surface area contributed by atoms with Crippen LogP contribution in [0.2, 0.25) is 0 Å². The van der Waals surface area contributed by atoms with E-state index in [9.17, 15) is 9.18 Å². The van der Waals surface area contributed by atoms with Crippen molar-refractivity contribution in [1.82, 2.24) is 0 Å². The summed E-state index contributed by atoms with van der Waals surface area (Å²) in [6.07, 6.45) is 1.82. The second-order valence-electron chi connectivity index (χ2n) is 5.20. The molecule has 0 spiro atoms. The minimum Gasteiger partial charge on any atom is -0.481 e. The Bertz CT molecular complexity index is 624. The Hall–Kier alpha value is -2.16. The van der Waals surface area contributed by atoms with E-state index in [1.54, 1.807) is 25.1 Å². The average Bonchev–Trinajstić information content (AvgIpc) is 2.40. The van der Waals surface area contributed by atoms with Crippen LogP contribution in [0.4, 0.5) is 4.39 Å². The van der Waals surface area contributed by atoms with Crippen molar-refractivity contribution in [3.05, 3.63) is 65.0 Å². The average molecular weight is 288 g/mol. The molecule has 1 N–H and O–H groups in total. The van der Waals surface area contributed by atoms with Crippen LogP contribution in [0.25, 0.3) is 5.57 Å². The van der Waals surface area contributed by atoms with Crippen molar-refractivity contribution in [2.75, 3.05) is 0 Å². The topological polar surface area (TPSA) is 37.3 Å². The van der Waals surface area contributed by atoms with E-state index >= 15 is 0 Å². The van der Waals surface area contributed by atoms with E-state index < -0.39 is 5.97 Å². The lowest BCUT2D eigenvalue weighted by molar-refractivity contribution is -0.136. The number of benzene rings is 1. The third-order valence-electron chi connectivity index (χ3n) is 3.35. The Balaban J connectivity index is 3.41. The Labute approximate surface area is 125 Å². The van der Waals surface area contributed by atoms with Crippen LogP contribution in [0.1, 0.15) is 37.0 Å². The Morgan fingerprint density at radius 2 is 2.00 bits per heavy atom. The summed E-state index contributed by atoms with van der Waals surface area (Å²) in [5.74, 6) is -1.27. The van der Waals surface area contributed by atoms with Gasteiger partial charge in [0.2, 0.25) is 0 Å². The molecule has 1 aromatic rings. The lowest BCUT2D eigenvalue weighted by atomic mass is 9.91. The van der Waals surface area contributed by atoms with Crippen molar-refractivity contribution < 1.29 is 14.3 Å². The van der Waals surface area contributed by atoms with Crippen molar-refractivity contribution in [2.24, 2.45) is 0 Å². The molecule has 21 heavy (non-hydrogen) atoms. The quantitative estimate of drug-likeness (QED) is 0.771. The molecule has 0 aliphatic heterocycles. The molecule has 0 unspecified atom stereocenters. The molecule has 0 aliphatic rings. The van der Waals surface area contributed by atoms with E-state index in [0.29, 0.717) is 11.1 Å². The van der Waals surface area contributed by atoms with Crippen molar-refractivity contribution in [3.63, 3.8) is 0 Å². The number of halogens is 1. The van der Waals surface area contributed by atoms with Gasteiger partial charge in [-0.15, -0.1) is 0 Å². The molecule has 0 aromatic heterocycles. The highest BCUT2D eigenvalue weighted by molar-refractivity contribution is 5.82. The van der Waals surface area contributed by atoms with Crippen molar-refractivity contribution in [2.45, 2.75) is 33.6 Å². The highest BCUT2D eigenvalue weighted by Crippen LogP contribution is 2.29. The SMILES string of the molecule is C=C/C(C)=C(\C(=C)C)c1cc(C)c(F)c(CCC(=O)O)c1. The highest BCUT2D eigenvalue weighted by Gasteiger charge is 2.13. The van der Waals surface area contributed by atoms with Gasteiger partial charge in [0.05, 0.1) is 0 Å². The molecule has 0 fully saturated rings. The predicted molar refractivity (Wildman–Crippen MR) is 84.7 cm³/mol. The zero-order chi connectivity index (χ0) is 16.2. The largest absolute Gasteiger partial charge is 0.481 e. The maximum atomic E-state index is 14.1. The lowest BCUT2D eigenvalue weighted by Crippen LogP contribution is -2.02. The molecule has 0 atom stereocenters. The van der Waals surface area contributed by atoms with E-state index in [4.69, 9.17) is 5.11 Å².